The standard InChI is InChI=1S/C14H30N2/c1-3-4-5-6-9-13(2)16-12-14-10-7-8-11-15-14/h13-16H,3-12H2,1-2H3. The Balaban J connectivity index is 1.94. The van der Waals surface area contributed by atoms with E-state index in [1.165, 1.54) is 57.9 Å². The van der Waals surface area contributed by atoms with Crippen LogP contribution in [0.4, 0.5) is 0 Å². The van der Waals surface area contributed by atoms with Crippen molar-refractivity contribution < 1.29 is 0 Å². The quantitative estimate of drug-likeness (QED) is 0.622. The Morgan fingerprint density at radius 2 is 2.12 bits per heavy atom. The van der Waals surface area contributed by atoms with Crippen molar-refractivity contribution >= 4 is 0 Å². The van der Waals surface area contributed by atoms with E-state index in [2.05, 4.69) is 24.5 Å². The first-order chi connectivity index (χ1) is 7.83. The summed E-state index contributed by atoms with van der Waals surface area (Å²) in [5, 5.41) is 7.26. The van der Waals surface area contributed by atoms with Gasteiger partial charge in [-0.2, -0.15) is 0 Å². The van der Waals surface area contributed by atoms with E-state index in [1.54, 1.807) is 0 Å². The third-order valence-electron chi connectivity index (χ3n) is 3.62. The molecule has 0 aromatic rings. The van der Waals surface area contributed by atoms with Crippen molar-refractivity contribution in [2.75, 3.05) is 13.1 Å². The van der Waals surface area contributed by atoms with Gasteiger partial charge in [-0.3, -0.25) is 0 Å². The van der Waals surface area contributed by atoms with Gasteiger partial charge in [-0.05, 0) is 32.7 Å². The molecule has 1 fully saturated rings. The van der Waals surface area contributed by atoms with Crippen LogP contribution in [0.25, 0.3) is 0 Å². The van der Waals surface area contributed by atoms with Crippen molar-refractivity contribution in [2.45, 2.75) is 77.3 Å². The van der Waals surface area contributed by atoms with Crippen LogP contribution in [-0.2, 0) is 0 Å². The van der Waals surface area contributed by atoms with Crippen LogP contribution < -0.4 is 10.6 Å². The highest BCUT2D eigenvalue weighted by molar-refractivity contribution is 4.75. The highest BCUT2D eigenvalue weighted by Gasteiger charge is 2.12. The van der Waals surface area contributed by atoms with E-state index < -0.39 is 0 Å². The Morgan fingerprint density at radius 1 is 1.25 bits per heavy atom. The minimum absolute atomic E-state index is 0.695. The highest BCUT2D eigenvalue weighted by atomic mass is 15.0. The zero-order valence-corrected chi connectivity index (χ0v) is 11.2. The zero-order valence-electron chi connectivity index (χ0n) is 11.2. The molecule has 2 nitrogen and oxygen atoms in total. The fraction of sp³-hybridized carbons (Fsp3) is 1.00. The van der Waals surface area contributed by atoms with E-state index in [0.717, 1.165) is 12.6 Å². The van der Waals surface area contributed by atoms with Crippen molar-refractivity contribution in [1.82, 2.24) is 10.6 Å². The van der Waals surface area contributed by atoms with Crippen LogP contribution in [0.1, 0.15) is 65.2 Å². The van der Waals surface area contributed by atoms with Crippen LogP contribution in [0.15, 0.2) is 0 Å². The molecule has 0 saturated carbocycles. The van der Waals surface area contributed by atoms with Gasteiger partial charge in [0.2, 0.25) is 0 Å². The molecule has 0 bridgehead atoms. The Kier molecular flexibility index (Phi) is 7.87. The molecule has 2 heteroatoms. The van der Waals surface area contributed by atoms with Crippen LogP contribution in [-0.4, -0.2) is 25.2 Å². The maximum absolute atomic E-state index is 3.67. The van der Waals surface area contributed by atoms with Gasteiger partial charge in [0, 0.05) is 18.6 Å². The van der Waals surface area contributed by atoms with Gasteiger partial charge in [0.25, 0.3) is 0 Å². The lowest BCUT2D eigenvalue weighted by molar-refractivity contribution is 0.362. The number of hydrogen-bond acceptors (Lipinski definition) is 2. The summed E-state index contributed by atoms with van der Waals surface area (Å²) >= 11 is 0. The predicted molar refractivity (Wildman–Crippen MR) is 71.9 cm³/mol. The van der Waals surface area contributed by atoms with Gasteiger partial charge in [-0.25, -0.2) is 0 Å². The molecule has 96 valence electrons. The molecule has 1 heterocycles. The molecule has 2 atom stereocenters. The van der Waals surface area contributed by atoms with Crippen LogP contribution in [0.3, 0.4) is 0 Å². The summed E-state index contributed by atoms with van der Waals surface area (Å²) in [6.07, 6.45) is 11.0. The van der Waals surface area contributed by atoms with E-state index in [4.69, 9.17) is 0 Å². The smallest absolute Gasteiger partial charge is 0.0192 e. The molecule has 1 rings (SSSR count). The third-order valence-corrected chi connectivity index (χ3v) is 3.62. The Hall–Kier alpha value is -0.0800. The molecule has 2 N–H and O–H groups in total. The molecule has 1 aliphatic heterocycles. The van der Waals surface area contributed by atoms with E-state index in [-0.39, 0.29) is 0 Å². The first-order valence-electron chi connectivity index (χ1n) is 7.29. The summed E-state index contributed by atoms with van der Waals surface area (Å²) in [5.74, 6) is 0. The van der Waals surface area contributed by atoms with Crippen LogP contribution in [0.5, 0.6) is 0 Å². The molecule has 0 aromatic heterocycles. The lowest BCUT2D eigenvalue weighted by Gasteiger charge is -2.25. The topological polar surface area (TPSA) is 24.1 Å². The van der Waals surface area contributed by atoms with Crippen LogP contribution in [0.2, 0.25) is 0 Å². The van der Waals surface area contributed by atoms with E-state index >= 15 is 0 Å². The second-order valence-electron chi connectivity index (χ2n) is 5.31. The maximum atomic E-state index is 3.67. The molecule has 1 saturated heterocycles. The second kappa shape index (κ2) is 9.00. The molecule has 16 heavy (non-hydrogen) atoms. The first kappa shape index (κ1) is 14.0. The third kappa shape index (κ3) is 6.49. The Bertz CT molecular complexity index is 153. The predicted octanol–water partition coefficient (Wildman–Crippen LogP) is 3.08. The summed E-state index contributed by atoms with van der Waals surface area (Å²) < 4.78 is 0. The lowest BCUT2D eigenvalue weighted by atomic mass is 10.0. The number of hydrogen-bond donors (Lipinski definition) is 2. The normalized spacial score (nSPS) is 23.2. The van der Waals surface area contributed by atoms with E-state index in [9.17, 15) is 0 Å². The number of unbranched alkanes of at least 4 members (excludes halogenated alkanes) is 3. The maximum Gasteiger partial charge on any atom is 0.0192 e. The summed E-state index contributed by atoms with van der Waals surface area (Å²) in [7, 11) is 0. The molecule has 0 radical (unpaired) electrons. The zero-order chi connectivity index (χ0) is 11.6. The van der Waals surface area contributed by atoms with Crippen molar-refractivity contribution in [2.24, 2.45) is 0 Å². The summed E-state index contributed by atoms with van der Waals surface area (Å²) in [6.45, 7) is 6.98. The van der Waals surface area contributed by atoms with Gasteiger partial charge in [0.1, 0.15) is 0 Å². The molecule has 0 aromatic carbocycles. The van der Waals surface area contributed by atoms with E-state index in [0.29, 0.717) is 6.04 Å². The largest absolute Gasteiger partial charge is 0.313 e. The van der Waals surface area contributed by atoms with Crippen LogP contribution >= 0.6 is 0 Å². The number of rotatable bonds is 8. The fourth-order valence-electron chi connectivity index (χ4n) is 2.42. The van der Waals surface area contributed by atoms with Gasteiger partial charge in [0.05, 0.1) is 0 Å². The van der Waals surface area contributed by atoms with Crippen LogP contribution in [0, 0.1) is 0 Å². The summed E-state index contributed by atoms with van der Waals surface area (Å²) in [4.78, 5) is 0. The number of nitrogens with one attached hydrogen (secondary N) is 2. The Morgan fingerprint density at radius 3 is 2.81 bits per heavy atom. The molecule has 1 aliphatic rings. The minimum atomic E-state index is 0.695. The molecular weight excluding hydrogens is 196 g/mol. The van der Waals surface area contributed by atoms with Gasteiger partial charge in [-0.1, -0.05) is 39.0 Å². The summed E-state index contributed by atoms with van der Waals surface area (Å²) in [6, 6.07) is 1.42. The molecule has 0 amide bonds. The molecule has 0 aliphatic carbocycles. The van der Waals surface area contributed by atoms with Gasteiger partial charge < -0.3 is 10.6 Å². The second-order valence-corrected chi connectivity index (χ2v) is 5.31. The first-order valence-corrected chi connectivity index (χ1v) is 7.29. The minimum Gasteiger partial charge on any atom is -0.313 e. The highest BCUT2D eigenvalue weighted by Crippen LogP contribution is 2.08. The summed E-state index contributed by atoms with van der Waals surface area (Å²) in [5.41, 5.74) is 0. The Labute approximate surface area is 102 Å². The van der Waals surface area contributed by atoms with Gasteiger partial charge in [-0.15, -0.1) is 0 Å². The van der Waals surface area contributed by atoms with Crippen molar-refractivity contribution in [3.05, 3.63) is 0 Å². The molecule has 2 unspecified atom stereocenters. The number of piperidine rings is 1. The average Bonchev–Trinajstić information content (AvgIpc) is 2.33. The van der Waals surface area contributed by atoms with E-state index in [1.807, 2.05) is 0 Å². The monoisotopic (exact) mass is 226 g/mol. The lowest BCUT2D eigenvalue weighted by Crippen LogP contribution is -2.44. The molecule has 0 spiro atoms. The van der Waals surface area contributed by atoms with Gasteiger partial charge >= 0.3 is 0 Å². The molecular formula is C14H30N2. The SMILES string of the molecule is CCCCCCC(C)NCC1CCCCN1. The van der Waals surface area contributed by atoms with Crippen molar-refractivity contribution in [1.29, 1.82) is 0 Å². The van der Waals surface area contributed by atoms with Gasteiger partial charge in [0.15, 0.2) is 0 Å². The average molecular weight is 226 g/mol. The van der Waals surface area contributed by atoms with Crippen molar-refractivity contribution in [3.8, 4) is 0 Å². The van der Waals surface area contributed by atoms with Crippen molar-refractivity contribution in [3.63, 3.8) is 0 Å². The fourth-order valence-corrected chi connectivity index (χ4v) is 2.42.